The molecule has 1 aromatic carbocycles. The third-order valence-electron chi connectivity index (χ3n) is 4.05. The van der Waals surface area contributed by atoms with E-state index in [9.17, 15) is 4.79 Å². The number of thiocarbonyl (C=S) groups is 1. The normalized spacial score (nSPS) is 10.1. The predicted octanol–water partition coefficient (Wildman–Crippen LogP) is 4.21. The van der Waals surface area contributed by atoms with Crippen molar-refractivity contribution >= 4 is 23.2 Å². The fraction of sp³-hybridized carbons (Fsp3) is 0.550. The number of nitrogens with zero attached hydrogens (tertiary/aromatic N) is 2. The highest BCUT2D eigenvalue weighted by Gasteiger charge is 2.12. The van der Waals surface area contributed by atoms with Crippen molar-refractivity contribution in [2.24, 2.45) is 0 Å². The van der Waals surface area contributed by atoms with E-state index < -0.39 is 0 Å². The van der Waals surface area contributed by atoms with Crippen molar-refractivity contribution in [2.45, 2.75) is 58.3 Å². The van der Waals surface area contributed by atoms with Crippen LogP contribution in [0.15, 0.2) is 30.3 Å². The minimum atomic E-state index is -0.0248. The topological polar surface area (TPSA) is 56.1 Å². The van der Waals surface area contributed by atoms with Crippen LogP contribution < -0.4 is 5.32 Å². The maximum absolute atomic E-state index is 12.0. The molecule has 25 heavy (non-hydrogen) atoms. The van der Waals surface area contributed by atoms with Gasteiger partial charge in [0.05, 0.1) is 12.5 Å². The molecule has 0 atom stereocenters. The molecule has 0 bridgehead atoms. The third-order valence-corrected chi connectivity index (χ3v) is 4.41. The highest BCUT2D eigenvalue weighted by Crippen LogP contribution is 2.06. The molecule has 0 fully saturated rings. The second-order valence-electron chi connectivity index (χ2n) is 6.15. The van der Waals surface area contributed by atoms with E-state index in [1.807, 2.05) is 23.1 Å². The molecule has 0 spiro atoms. The number of rotatable bonds is 11. The zero-order valence-corrected chi connectivity index (χ0v) is 16.0. The predicted molar refractivity (Wildman–Crippen MR) is 106 cm³/mol. The summed E-state index contributed by atoms with van der Waals surface area (Å²) in [4.78, 5) is 14.0. The summed E-state index contributed by atoms with van der Waals surface area (Å²) in [6.07, 6.45) is 7.32. The average molecular weight is 360 g/mol. The summed E-state index contributed by atoms with van der Waals surface area (Å²) in [6.45, 7) is 3.41. The van der Waals surface area contributed by atoms with Crippen LogP contribution in [0.25, 0.3) is 0 Å². The van der Waals surface area contributed by atoms with E-state index in [4.69, 9.17) is 17.5 Å². The van der Waals surface area contributed by atoms with Gasteiger partial charge in [-0.2, -0.15) is 5.26 Å². The molecule has 1 amide bonds. The van der Waals surface area contributed by atoms with E-state index in [0.717, 1.165) is 19.3 Å². The summed E-state index contributed by atoms with van der Waals surface area (Å²) in [5, 5.41) is 12.1. The molecule has 1 aromatic rings. The molecule has 0 radical (unpaired) electrons. The van der Waals surface area contributed by atoms with Gasteiger partial charge < -0.3 is 10.2 Å². The molecule has 1 rings (SSSR count). The molecule has 0 aliphatic rings. The molecule has 0 aliphatic heterocycles. The van der Waals surface area contributed by atoms with E-state index >= 15 is 0 Å². The van der Waals surface area contributed by atoms with Gasteiger partial charge in [0.25, 0.3) is 0 Å². The van der Waals surface area contributed by atoms with Gasteiger partial charge in [0, 0.05) is 19.5 Å². The van der Waals surface area contributed by atoms with Gasteiger partial charge in [-0.05, 0) is 30.6 Å². The first kappa shape index (κ1) is 21.1. The lowest BCUT2D eigenvalue weighted by molar-refractivity contribution is -0.119. The van der Waals surface area contributed by atoms with E-state index in [-0.39, 0.29) is 5.91 Å². The lowest BCUT2D eigenvalue weighted by Gasteiger charge is -2.24. The molecule has 0 heterocycles. The van der Waals surface area contributed by atoms with Gasteiger partial charge in [-0.25, -0.2) is 0 Å². The van der Waals surface area contributed by atoms with Crippen LogP contribution in [0.3, 0.4) is 0 Å². The zero-order chi connectivity index (χ0) is 18.3. The van der Waals surface area contributed by atoms with Crippen LogP contribution in [-0.2, 0) is 11.2 Å². The molecular weight excluding hydrogens is 330 g/mol. The highest BCUT2D eigenvalue weighted by molar-refractivity contribution is 7.80. The van der Waals surface area contributed by atoms with Crippen molar-refractivity contribution in [3.8, 4) is 6.07 Å². The molecule has 0 unspecified atom stereocenters. The van der Waals surface area contributed by atoms with Crippen molar-refractivity contribution in [1.82, 2.24) is 10.2 Å². The number of amides is 1. The number of carbonyl (C=O) groups excluding carboxylic acids is 1. The van der Waals surface area contributed by atoms with Gasteiger partial charge in [0.2, 0.25) is 5.91 Å². The molecule has 4 nitrogen and oxygen atoms in total. The number of unbranched alkanes of at least 4 members (excludes halogenated alkanes) is 4. The smallest absolute Gasteiger partial charge is 0.226 e. The van der Waals surface area contributed by atoms with Crippen LogP contribution in [0.4, 0.5) is 0 Å². The highest BCUT2D eigenvalue weighted by atomic mass is 32.1. The van der Waals surface area contributed by atoms with Crippen LogP contribution in [0.2, 0.25) is 0 Å². The van der Waals surface area contributed by atoms with Gasteiger partial charge in [-0.1, -0.05) is 62.9 Å². The van der Waals surface area contributed by atoms with E-state index in [2.05, 4.69) is 30.4 Å². The summed E-state index contributed by atoms with van der Waals surface area (Å²) in [6, 6.07) is 12.3. The van der Waals surface area contributed by atoms with Gasteiger partial charge in [0.15, 0.2) is 5.11 Å². The fourth-order valence-corrected chi connectivity index (χ4v) is 2.85. The van der Waals surface area contributed by atoms with E-state index in [1.54, 1.807) is 0 Å². The Kier molecular flexibility index (Phi) is 11.3. The molecular formula is C20H29N3OS. The van der Waals surface area contributed by atoms with Crippen molar-refractivity contribution < 1.29 is 4.79 Å². The minimum Gasteiger partial charge on any atom is -0.348 e. The lowest BCUT2D eigenvalue weighted by Crippen LogP contribution is -2.44. The maximum Gasteiger partial charge on any atom is 0.226 e. The van der Waals surface area contributed by atoms with E-state index in [0.29, 0.717) is 31.0 Å². The molecule has 136 valence electrons. The van der Waals surface area contributed by atoms with Crippen molar-refractivity contribution in [3.05, 3.63) is 35.9 Å². The van der Waals surface area contributed by atoms with Crippen molar-refractivity contribution in [3.63, 3.8) is 0 Å². The average Bonchev–Trinajstić information content (AvgIpc) is 2.62. The number of nitriles is 1. The standard InChI is InChI=1S/C20H29N3OS/c1-2-3-4-5-9-13-19(24)22-20(25)23(16-10-15-21)17-14-18-11-7-6-8-12-18/h6-8,11-12H,2-5,9-10,13-14,16-17H2,1H3,(H,22,24,25). The first-order chi connectivity index (χ1) is 12.2. The summed E-state index contributed by atoms with van der Waals surface area (Å²) < 4.78 is 0. The number of carbonyl (C=O) groups is 1. The molecule has 1 N–H and O–H groups in total. The maximum atomic E-state index is 12.0. The molecule has 0 aliphatic carbocycles. The molecule has 0 aromatic heterocycles. The zero-order valence-electron chi connectivity index (χ0n) is 15.2. The van der Waals surface area contributed by atoms with Crippen LogP contribution in [0.1, 0.15) is 57.4 Å². The quantitative estimate of drug-likeness (QED) is 0.475. The Hall–Kier alpha value is -1.93. The second kappa shape index (κ2) is 13.4. The van der Waals surface area contributed by atoms with E-state index in [1.165, 1.54) is 24.8 Å². The Morgan fingerprint density at radius 2 is 1.88 bits per heavy atom. The SMILES string of the molecule is CCCCCCCC(=O)NC(=S)N(CCC#N)CCc1ccccc1. The molecule has 5 heteroatoms. The van der Waals surface area contributed by atoms with Crippen LogP contribution in [0.5, 0.6) is 0 Å². The monoisotopic (exact) mass is 359 g/mol. The van der Waals surface area contributed by atoms with Crippen LogP contribution in [-0.4, -0.2) is 29.0 Å². The van der Waals surface area contributed by atoms with Crippen molar-refractivity contribution in [2.75, 3.05) is 13.1 Å². The van der Waals surface area contributed by atoms with Gasteiger partial charge in [-0.15, -0.1) is 0 Å². The van der Waals surface area contributed by atoms with Crippen LogP contribution >= 0.6 is 12.2 Å². The first-order valence-corrected chi connectivity index (χ1v) is 9.57. The van der Waals surface area contributed by atoms with Gasteiger partial charge in [0.1, 0.15) is 0 Å². The third kappa shape index (κ3) is 9.83. The molecule has 0 saturated carbocycles. The molecule has 0 saturated heterocycles. The summed E-state index contributed by atoms with van der Waals surface area (Å²) in [5.41, 5.74) is 1.22. The fourth-order valence-electron chi connectivity index (χ4n) is 2.56. The van der Waals surface area contributed by atoms with Gasteiger partial charge in [-0.3, -0.25) is 4.79 Å². The number of nitrogens with one attached hydrogen (secondary N) is 1. The second-order valence-corrected chi connectivity index (χ2v) is 6.54. The van der Waals surface area contributed by atoms with Crippen LogP contribution in [0, 0.1) is 11.3 Å². The lowest BCUT2D eigenvalue weighted by atomic mass is 10.1. The Morgan fingerprint density at radius 1 is 1.16 bits per heavy atom. The number of hydrogen-bond donors (Lipinski definition) is 1. The summed E-state index contributed by atoms with van der Waals surface area (Å²) in [5.74, 6) is -0.0248. The first-order valence-electron chi connectivity index (χ1n) is 9.17. The minimum absolute atomic E-state index is 0.0248. The Morgan fingerprint density at radius 3 is 2.56 bits per heavy atom. The Balaban J connectivity index is 2.41. The van der Waals surface area contributed by atoms with Crippen molar-refractivity contribution in [1.29, 1.82) is 5.26 Å². The summed E-state index contributed by atoms with van der Waals surface area (Å²) in [7, 11) is 0. The van der Waals surface area contributed by atoms with Gasteiger partial charge >= 0.3 is 0 Å². The largest absolute Gasteiger partial charge is 0.348 e. The number of hydrogen-bond acceptors (Lipinski definition) is 3. The Labute approximate surface area is 157 Å². The Bertz CT molecular complexity index is 554. The summed E-state index contributed by atoms with van der Waals surface area (Å²) >= 11 is 5.39. The number of benzene rings is 1.